The summed E-state index contributed by atoms with van der Waals surface area (Å²) in [6, 6.07) is 0. The van der Waals surface area contributed by atoms with Crippen LogP contribution in [-0.2, 0) is 0 Å². The lowest BCUT2D eigenvalue weighted by Gasteiger charge is -2.04. The van der Waals surface area contributed by atoms with Gasteiger partial charge >= 0.3 is 0 Å². The van der Waals surface area contributed by atoms with Gasteiger partial charge in [-0.1, -0.05) is 116 Å². The molecule has 1 unspecified atom stereocenters. The van der Waals surface area contributed by atoms with Crippen LogP contribution in [0.15, 0.2) is 0 Å². The monoisotopic (exact) mass is 330 g/mol. The summed E-state index contributed by atoms with van der Waals surface area (Å²) in [5.41, 5.74) is -0.406. The van der Waals surface area contributed by atoms with Crippen LogP contribution in [0.3, 0.4) is 0 Å². The van der Waals surface area contributed by atoms with Crippen molar-refractivity contribution >= 4 is 12.6 Å². The van der Waals surface area contributed by atoms with Crippen molar-refractivity contribution in [3.8, 4) is 0 Å². The van der Waals surface area contributed by atoms with Gasteiger partial charge in [0.15, 0.2) is 0 Å². The van der Waals surface area contributed by atoms with Gasteiger partial charge in [0.25, 0.3) is 0 Å². The van der Waals surface area contributed by atoms with Crippen LogP contribution in [0.5, 0.6) is 0 Å². The van der Waals surface area contributed by atoms with E-state index in [9.17, 15) is 0 Å². The Balaban J connectivity index is 2.94. The van der Waals surface area contributed by atoms with Gasteiger partial charge in [0.2, 0.25) is 0 Å². The van der Waals surface area contributed by atoms with Gasteiger partial charge in [0.1, 0.15) is 0 Å². The minimum atomic E-state index is -0.406. The molecular weight excluding hydrogens is 288 g/mol. The van der Waals surface area contributed by atoms with Gasteiger partial charge in [-0.25, -0.2) is 0 Å². The zero-order chi connectivity index (χ0) is 16.3. The Morgan fingerprint density at radius 3 is 1.09 bits per heavy atom. The van der Waals surface area contributed by atoms with Crippen LogP contribution >= 0.6 is 12.6 Å². The lowest BCUT2D eigenvalue weighted by atomic mass is 10.0. The summed E-state index contributed by atoms with van der Waals surface area (Å²) in [7, 11) is 0. The Kier molecular flexibility index (Phi) is 19.6. The van der Waals surface area contributed by atoms with Gasteiger partial charge in [0.05, 0.1) is 5.44 Å². The van der Waals surface area contributed by atoms with Crippen molar-refractivity contribution in [3.05, 3.63) is 0 Å². The Morgan fingerprint density at radius 2 is 0.818 bits per heavy atom. The van der Waals surface area contributed by atoms with E-state index in [1.165, 1.54) is 103 Å². The van der Waals surface area contributed by atoms with E-state index in [1.54, 1.807) is 0 Å². The molecule has 0 spiro atoms. The van der Waals surface area contributed by atoms with Gasteiger partial charge in [-0.2, -0.15) is 0 Å². The first kappa shape index (κ1) is 22.3. The smallest absolute Gasteiger partial charge is 0.0964 e. The summed E-state index contributed by atoms with van der Waals surface area (Å²) in [4.78, 5) is 0. The standard InChI is InChI=1S/C20H42OS/c1-2-3-4-5-6-7-8-9-10-11-12-13-14-15-16-17-18-19-20(21)22/h20-22H,2-19H2,1H3. The number of thiol groups is 1. The van der Waals surface area contributed by atoms with Crippen molar-refractivity contribution in [2.24, 2.45) is 0 Å². The number of hydrogen-bond donors (Lipinski definition) is 2. The molecule has 1 atom stereocenters. The minimum absolute atomic E-state index is 0.406. The molecule has 0 saturated heterocycles. The summed E-state index contributed by atoms with van der Waals surface area (Å²) in [6.45, 7) is 2.29. The SMILES string of the molecule is CCCCCCCCCCCCCCCCCCCC(O)S. The fourth-order valence-corrected chi connectivity index (χ4v) is 3.23. The highest BCUT2D eigenvalue weighted by Gasteiger charge is 1.97. The second-order valence-electron chi connectivity index (χ2n) is 6.93. The van der Waals surface area contributed by atoms with E-state index in [0.29, 0.717) is 0 Å². The number of unbranched alkanes of at least 4 members (excludes halogenated alkanes) is 16. The molecule has 0 aromatic carbocycles. The highest BCUT2D eigenvalue weighted by atomic mass is 32.1. The van der Waals surface area contributed by atoms with E-state index < -0.39 is 5.44 Å². The van der Waals surface area contributed by atoms with Crippen LogP contribution in [-0.4, -0.2) is 10.5 Å². The van der Waals surface area contributed by atoms with Crippen LogP contribution in [0.2, 0.25) is 0 Å². The first-order chi connectivity index (χ1) is 10.8. The third-order valence-electron chi connectivity index (χ3n) is 4.57. The first-order valence-corrected chi connectivity index (χ1v) is 10.6. The molecule has 22 heavy (non-hydrogen) atoms. The van der Waals surface area contributed by atoms with E-state index in [4.69, 9.17) is 5.11 Å². The lowest BCUT2D eigenvalue weighted by Crippen LogP contribution is -1.94. The van der Waals surface area contributed by atoms with E-state index in [0.717, 1.165) is 12.8 Å². The molecule has 134 valence electrons. The molecule has 0 saturated carbocycles. The molecule has 0 aliphatic carbocycles. The molecule has 0 rings (SSSR count). The summed E-state index contributed by atoms with van der Waals surface area (Å²) >= 11 is 3.98. The predicted octanol–water partition coefficient (Wildman–Crippen LogP) is 7.28. The zero-order valence-electron chi connectivity index (χ0n) is 15.2. The highest BCUT2D eigenvalue weighted by Crippen LogP contribution is 2.14. The average Bonchev–Trinajstić information content (AvgIpc) is 2.50. The maximum atomic E-state index is 9.04. The largest absolute Gasteiger partial charge is 0.383 e. The lowest BCUT2D eigenvalue weighted by molar-refractivity contribution is 0.249. The number of aliphatic hydroxyl groups excluding tert-OH is 1. The molecule has 1 nitrogen and oxygen atoms in total. The summed E-state index contributed by atoms with van der Waals surface area (Å²) in [6.07, 6.45) is 24.6. The Bertz CT molecular complexity index is 194. The molecule has 0 aliphatic heterocycles. The minimum Gasteiger partial charge on any atom is -0.383 e. The maximum Gasteiger partial charge on any atom is 0.0964 e. The number of rotatable bonds is 18. The first-order valence-electron chi connectivity index (χ1n) is 10.1. The molecule has 0 aromatic rings. The van der Waals surface area contributed by atoms with Crippen molar-refractivity contribution in [1.29, 1.82) is 0 Å². The van der Waals surface area contributed by atoms with Crippen LogP contribution < -0.4 is 0 Å². The van der Waals surface area contributed by atoms with Gasteiger partial charge in [0, 0.05) is 0 Å². The Labute approximate surface area is 146 Å². The summed E-state index contributed by atoms with van der Waals surface area (Å²) in [5, 5.41) is 9.04. The predicted molar refractivity (Wildman–Crippen MR) is 104 cm³/mol. The fraction of sp³-hybridized carbons (Fsp3) is 1.00. The molecule has 0 radical (unpaired) electrons. The fourth-order valence-electron chi connectivity index (χ4n) is 3.05. The van der Waals surface area contributed by atoms with E-state index in [2.05, 4.69) is 19.6 Å². The van der Waals surface area contributed by atoms with E-state index >= 15 is 0 Å². The van der Waals surface area contributed by atoms with E-state index in [-0.39, 0.29) is 0 Å². The quantitative estimate of drug-likeness (QED) is 0.154. The normalized spacial score (nSPS) is 12.7. The number of hydrogen-bond acceptors (Lipinski definition) is 2. The zero-order valence-corrected chi connectivity index (χ0v) is 16.1. The Morgan fingerprint density at radius 1 is 0.545 bits per heavy atom. The van der Waals surface area contributed by atoms with Gasteiger partial charge in [-0.05, 0) is 6.42 Å². The van der Waals surface area contributed by atoms with Crippen LogP contribution in [0, 0.1) is 0 Å². The molecule has 0 fully saturated rings. The molecule has 0 amide bonds. The third kappa shape index (κ3) is 20.3. The highest BCUT2D eigenvalue weighted by molar-refractivity contribution is 7.80. The second-order valence-corrected chi connectivity index (χ2v) is 7.52. The van der Waals surface area contributed by atoms with Crippen LogP contribution in [0.25, 0.3) is 0 Å². The van der Waals surface area contributed by atoms with Crippen molar-refractivity contribution in [2.45, 2.75) is 128 Å². The summed E-state index contributed by atoms with van der Waals surface area (Å²) < 4.78 is 0. The van der Waals surface area contributed by atoms with Gasteiger partial charge in [-0.15, -0.1) is 12.6 Å². The van der Waals surface area contributed by atoms with Crippen molar-refractivity contribution < 1.29 is 5.11 Å². The number of aliphatic hydroxyl groups is 1. The molecular formula is C20H42OS. The second kappa shape index (κ2) is 19.4. The third-order valence-corrected chi connectivity index (χ3v) is 4.82. The van der Waals surface area contributed by atoms with Gasteiger partial charge < -0.3 is 5.11 Å². The molecule has 2 heteroatoms. The molecule has 0 aliphatic rings. The maximum absolute atomic E-state index is 9.04. The van der Waals surface area contributed by atoms with E-state index in [1.807, 2.05) is 0 Å². The Hall–Kier alpha value is 0.310. The topological polar surface area (TPSA) is 20.2 Å². The average molecular weight is 331 g/mol. The van der Waals surface area contributed by atoms with Crippen molar-refractivity contribution in [1.82, 2.24) is 0 Å². The molecule has 0 heterocycles. The molecule has 1 N–H and O–H groups in total. The van der Waals surface area contributed by atoms with Crippen molar-refractivity contribution in [2.75, 3.05) is 0 Å². The molecule has 0 bridgehead atoms. The van der Waals surface area contributed by atoms with Crippen LogP contribution in [0.4, 0.5) is 0 Å². The van der Waals surface area contributed by atoms with Crippen LogP contribution in [0.1, 0.15) is 122 Å². The van der Waals surface area contributed by atoms with Gasteiger partial charge in [-0.3, -0.25) is 0 Å². The van der Waals surface area contributed by atoms with Crippen molar-refractivity contribution in [3.63, 3.8) is 0 Å². The molecule has 0 aromatic heterocycles. The summed E-state index contributed by atoms with van der Waals surface area (Å²) in [5.74, 6) is 0.